The van der Waals surface area contributed by atoms with Gasteiger partial charge >= 0.3 is 59.8 Å². The molecule has 0 aliphatic rings. The van der Waals surface area contributed by atoms with Crippen molar-refractivity contribution in [1.82, 2.24) is 0 Å². The van der Waals surface area contributed by atoms with Gasteiger partial charge in [-0.05, 0) is 0 Å². The molecule has 0 heterocycles. The SMILES string of the molecule is C=CC(=O)O.C=CC(=O)OC(F)(F)C(F)(F)C(F)(F)C(F)(F)C(F)(F)C(F)(F)C(F)(F)CCC(F)(F)F. The number of esters is 1. The summed E-state index contributed by atoms with van der Waals surface area (Å²) in [4.78, 5) is 19.7. The molecule has 0 radical (unpaired) electrons. The molecule has 0 aliphatic carbocycles. The molecule has 0 unspecified atom stereocenters. The number of alkyl halides is 17. The highest BCUT2D eigenvalue weighted by molar-refractivity contribution is 5.81. The number of aliphatic carboxylic acids is 1. The second-order valence-electron chi connectivity index (χ2n) is 6.38. The number of hydrogen-bond donors (Lipinski definition) is 1. The Bertz CT molecular complexity index is 845. The molecule has 218 valence electrons. The highest BCUT2D eigenvalue weighted by Crippen LogP contribution is 2.62. The Morgan fingerprint density at radius 2 is 0.919 bits per heavy atom. The standard InChI is InChI=1S/C13H7F17O2.C3H4O2/c1-2-5(31)32-13(29,30)12(27,28)11(25,26)10(23,24)9(21,22)8(19,20)6(14,15)3-4-7(16,17)18;1-2-3(4)5/h2H,1,3-4H2;2H,1H2,(H,4,5). The zero-order valence-electron chi connectivity index (χ0n) is 17.1. The maximum absolute atomic E-state index is 13.4. The Hall–Kier alpha value is -2.77. The van der Waals surface area contributed by atoms with Crippen LogP contribution in [-0.4, -0.2) is 64.9 Å². The van der Waals surface area contributed by atoms with Gasteiger partial charge in [0.1, 0.15) is 0 Å². The van der Waals surface area contributed by atoms with Crippen molar-refractivity contribution in [1.29, 1.82) is 0 Å². The summed E-state index contributed by atoms with van der Waals surface area (Å²) in [7, 11) is 0. The molecular weight excluding hydrogens is 579 g/mol. The summed E-state index contributed by atoms with van der Waals surface area (Å²) in [6, 6.07) is 0. The molecule has 37 heavy (non-hydrogen) atoms. The number of rotatable bonds is 11. The van der Waals surface area contributed by atoms with Crippen LogP contribution < -0.4 is 0 Å². The summed E-state index contributed by atoms with van der Waals surface area (Å²) in [6.07, 6.45) is -19.0. The minimum Gasteiger partial charge on any atom is -0.478 e. The van der Waals surface area contributed by atoms with Crippen LogP contribution in [0.4, 0.5) is 74.6 Å². The highest BCUT2D eigenvalue weighted by Gasteiger charge is 2.93. The van der Waals surface area contributed by atoms with Crippen molar-refractivity contribution in [3.63, 3.8) is 0 Å². The molecule has 0 aromatic heterocycles. The molecule has 0 aliphatic heterocycles. The fourth-order valence-corrected chi connectivity index (χ4v) is 1.69. The summed E-state index contributed by atoms with van der Waals surface area (Å²) in [5.41, 5.74) is 0. The molecule has 0 fully saturated rings. The number of carbonyl (C=O) groups excluding carboxylic acids is 1. The van der Waals surface area contributed by atoms with Crippen LogP contribution in [0.25, 0.3) is 0 Å². The predicted octanol–water partition coefficient (Wildman–Crippen LogP) is 6.72. The van der Waals surface area contributed by atoms with E-state index in [0.717, 1.165) is 6.08 Å². The summed E-state index contributed by atoms with van der Waals surface area (Å²) >= 11 is 0. The smallest absolute Gasteiger partial charge is 0.473 e. The van der Waals surface area contributed by atoms with Crippen molar-refractivity contribution in [2.45, 2.75) is 60.7 Å². The van der Waals surface area contributed by atoms with Gasteiger partial charge in [-0.25, -0.2) is 9.59 Å². The lowest BCUT2D eigenvalue weighted by Crippen LogP contribution is -2.73. The van der Waals surface area contributed by atoms with E-state index in [9.17, 15) is 84.2 Å². The van der Waals surface area contributed by atoms with E-state index < -0.39 is 78.7 Å². The van der Waals surface area contributed by atoms with Gasteiger partial charge in [0, 0.05) is 25.0 Å². The van der Waals surface area contributed by atoms with Crippen molar-refractivity contribution < 1.29 is 94.1 Å². The summed E-state index contributed by atoms with van der Waals surface area (Å²) in [5.74, 6) is -51.7. The summed E-state index contributed by atoms with van der Waals surface area (Å²) in [5, 5.41) is 7.60. The zero-order valence-corrected chi connectivity index (χ0v) is 17.1. The Morgan fingerprint density at radius 1 is 0.595 bits per heavy atom. The van der Waals surface area contributed by atoms with E-state index in [0.29, 0.717) is 0 Å². The molecule has 0 amide bonds. The fourth-order valence-electron chi connectivity index (χ4n) is 1.69. The van der Waals surface area contributed by atoms with E-state index in [1.54, 1.807) is 0 Å². The largest absolute Gasteiger partial charge is 0.478 e. The number of carboxylic acids is 1. The first kappa shape index (κ1) is 36.4. The van der Waals surface area contributed by atoms with Crippen LogP contribution in [0.1, 0.15) is 12.8 Å². The molecule has 0 bridgehead atoms. The van der Waals surface area contributed by atoms with Gasteiger partial charge in [-0.3, -0.25) is 0 Å². The number of ether oxygens (including phenoxy) is 1. The third-order valence-electron chi connectivity index (χ3n) is 3.69. The first-order valence-corrected chi connectivity index (χ1v) is 8.35. The number of carboxylic acid groups (broad SMARTS) is 1. The van der Waals surface area contributed by atoms with Gasteiger partial charge in [0.25, 0.3) is 0 Å². The van der Waals surface area contributed by atoms with Gasteiger partial charge in [0.15, 0.2) is 0 Å². The van der Waals surface area contributed by atoms with E-state index in [-0.39, 0.29) is 0 Å². The third kappa shape index (κ3) is 7.17. The maximum atomic E-state index is 13.4. The van der Waals surface area contributed by atoms with Gasteiger partial charge in [0.05, 0.1) is 0 Å². The van der Waals surface area contributed by atoms with E-state index in [1.807, 2.05) is 0 Å². The van der Waals surface area contributed by atoms with Crippen LogP contribution in [0, 0.1) is 0 Å². The molecule has 0 spiro atoms. The monoisotopic (exact) mass is 590 g/mol. The fraction of sp³-hybridized carbons (Fsp3) is 0.625. The topological polar surface area (TPSA) is 63.6 Å². The lowest BCUT2D eigenvalue weighted by Gasteiger charge is -2.42. The summed E-state index contributed by atoms with van der Waals surface area (Å²) in [6.45, 7) is 5.26. The van der Waals surface area contributed by atoms with Gasteiger partial charge < -0.3 is 9.84 Å². The predicted molar refractivity (Wildman–Crippen MR) is 84.0 cm³/mol. The molecule has 0 atom stereocenters. The first-order chi connectivity index (χ1) is 15.9. The number of hydrogen-bond acceptors (Lipinski definition) is 3. The van der Waals surface area contributed by atoms with Crippen molar-refractivity contribution in [2.24, 2.45) is 0 Å². The molecular formula is C16H11F17O4. The van der Waals surface area contributed by atoms with Crippen LogP contribution >= 0.6 is 0 Å². The number of halogens is 17. The Kier molecular flexibility index (Phi) is 10.7. The lowest BCUT2D eigenvalue weighted by atomic mass is 9.89. The molecule has 0 aromatic rings. The second-order valence-corrected chi connectivity index (χ2v) is 6.38. The lowest BCUT2D eigenvalue weighted by molar-refractivity contribution is -0.461. The average molecular weight is 590 g/mol. The minimum atomic E-state index is -8.49. The minimum absolute atomic E-state index is 0.440. The van der Waals surface area contributed by atoms with Gasteiger partial charge in [-0.15, -0.1) is 0 Å². The third-order valence-corrected chi connectivity index (χ3v) is 3.69. The van der Waals surface area contributed by atoms with Gasteiger partial charge in [0.2, 0.25) is 0 Å². The van der Waals surface area contributed by atoms with E-state index in [4.69, 9.17) is 5.11 Å². The van der Waals surface area contributed by atoms with Crippen LogP contribution in [0.15, 0.2) is 25.3 Å². The molecule has 0 saturated heterocycles. The van der Waals surface area contributed by atoms with Gasteiger partial charge in [-0.1, -0.05) is 13.2 Å². The Balaban J connectivity index is 0. The van der Waals surface area contributed by atoms with Crippen LogP contribution in [0.3, 0.4) is 0 Å². The highest BCUT2D eigenvalue weighted by atomic mass is 19.4. The molecule has 4 nitrogen and oxygen atoms in total. The molecule has 21 heteroatoms. The Labute approximate surface area is 193 Å². The number of carbonyl (C=O) groups is 2. The molecule has 0 aromatic carbocycles. The molecule has 0 rings (SSSR count). The molecule has 0 saturated carbocycles. The quantitative estimate of drug-likeness (QED) is 0.165. The van der Waals surface area contributed by atoms with E-state index in [2.05, 4.69) is 17.9 Å². The van der Waals surface area contributed by atoms with Crippen LogP contribution in [-0.2, 0) is 14.3 Å². The van der Waals surface area contributed by atoms with Gasteiger partial charge in [-0.2, -0.15) is 74.6 Å². The second kappa shape index (κ2) is 10.9. The normalized spacial score (nSPS) is 14.3. The summed E-state index contributed by atoms with van der Waals surface area (Å²) < 4.78 is 224. The average Bonchev–Trinajstić information content (AvgIpc) is 2.70. The maximum Gasteiger partial charge on any atom is 0.473 e. The van der Waals surface area contributed by atoms with Crippen molar-refractivity contribution in [3.05, 3.63) is 25.3 Å². The van der Waals surface area contributed by atoms with E-state index >= 15 is 0 Å². The van der Waals surface area contributed by atoms with Crippen molar-refractivity contribution in [3.8, 4) is 0 Å². The Morgan fingerprint density at radius 3 is 1.22 bits per heavy atom. The van der Waals surface area contributed by atoms with E-state index in [1.165, 1.54) is 0 Å². The zero-order chi connectivity index (χ0) is 30.7. The first-order valence-electron chi connectivity index (χ1n) is 8.35. The van der Waals surface area contributed by atoms with Crippen molar-refractivity contribution in [2.75, 3.05) is 0 Å². The van der Waals surface area contributed by atoms with Crippen molar-refractivity contribution >= 4 is 11.9 Å². The molecule has 1 N–H and O–H groups in total. The van der Waals surface area contributed by atoms with Crippen LogP contribution in [0.2, 0.25) is 0 Å². The van der Waals surface area contributed by atoms with Crippen LogP contribution in [0.5, 0.6) is 0 Å².